The first kappa shape index (κ1) is 22.6. The number of fused-ring (bicyclic) bond motifs is 3. The molecule has 4 N–H and O–H groups in total. The van der Waals surface area contributed by atoms with Crippen molar-refractivity contribution in [1.82, 2.24) is 14.9 Å². The number of nitrogens with zero attached hydrogens (tertiary/aromatic N) is 4. The van der Waals surface area contributed by atoms with Gasteiger partial charge < -0.3 is 26.2 Å². The van der Waals surface area contributed by atoms with E-state index in [1.54, 1.807) is 0 Å². The highest BCUT2D eigenvalue weighted by atomic mass is 19.1. The summed E-state index contributed by atoms with van der Waals surface area (Å²) in [7, 11) is 4.16. The molecule has 3 aliphatic rings. The number of hydrogen-bond acceptors (Lipinski definition) is 7. The second kappa shape index (κ2) is 8.54. The number of halogens is 1. The van der Waals surface area contributed by atoms with Crippen LogP contribution in [0.25, 0.3) is 0 Å². The Balaban J connectivity index is 1.33. The van der Waals surface area contributed by atoms with E-state index in [0.717, 1.165) is 44.4 Å². The smallest absolute Gasteiger partial charge is 0.229 e. The third-order valence-corrected chi connectivity index (χ3v) is 7.54. The second-order valence-corrected chi connectivity index (χ2v) is 10.1. The van der Waals surface area contributed by atoms with Crippen molar-refractivity contribution in [3.8, 4) is 0 Å². The Bertz CT molecular complexity index is 1140. The third-order valence-electron chi connectivity index (χ3n) is 7.54. The molecule has 2 aliphatic carbocycles. The molecule has 0 spiro atoms. The number of allylic oxidation sites excluding steroid dienone is 1. The number of carbonyl (C=O) groups is 1. The highest BCUT2D eigenvalue weighted by Gasteiger charge is 2.56. The molecule has 1 aromatic heterocycles. The van der Waals surface area contributed by atoms with E-state index in [-0.39, 0.29) is 23.6 Å². The Labute approximate surface area is 199 Å². The van der Waals surface area contributed by atoms with Crippen LogP contribution in [0, 0.1) is 23.6 Å². The van der Waals surface area contributed by atoms with E-state index in [1.165, 1.54) is 11.3 Å². The van der Waals surface area contributed by atoms with E-state index in [9.17, 15) is 9.18 Å². The molecule has 1 aromatic carbocycles. The van der Waals surface area contributed by atoms with Gasteiger partial charge in [-0.25, -0.2) is 9.37 Å². The van der Waals surface area contributed by atoms with Gasteiger partial charge in [-0.15, -0.1) is 0 Å². The number of aromatic nitrogens is 2. The lowest BCUT2D eigenvalue weighted by Crippen LogP contribution is -2.51. The van der Waals surface area contributed by atoms with Crippen LogP contribution in [-0.4, -0.2) is 60.0 Å². The highest BCUT2D eigenvalue weighted by molar-refractivity contribution is 5.81. The SMILES string of the molecule is CN(C)CCN1CCc2cc(Nc3ncc(F)c(N[C@]4(C)[C@@H]5C=C[C@@H](C5)[C@H]4C(N)=O)n3)ccc21. The maximum Gasteiger partial charge on any atom is 0.229 e. The number of anilines is 4. The minimum Gasteiger partial charge on any atom is -0.370 e. The molecule has 2 aromatic rings. The van der Waals surface area contributed by atoms with Crippen molar-refractivity contribution in [2.24, 2.45) is 23.5 Å². The Morgan fingerprint density at radius 1 is 1.35 bits per heavy atom. The molecule has 180 valence electrons. The second-order valence-electron chi connectivity index (χ2n) is 10.1. The van der Waals surface area contributed by atoms with Crippen molar-refractivity contribution in [2.45, 2.75) is 25.3 Å². The Morgan fingerprint density at radius 3 is 2.94 bits per heavy atom. The van der Waals surface area contributed by atoms with Crippen molar-refractivity contribution in [1.29, 1.82) is 0 Å². The van der Waals surface area contributed by atoms with Crippen LogP contribution in [0.2, 0.25) is 0 Å². The first-order chi connectivity index (χ1) is 16.2. The fraction of sp³-hybridized carbons (Fsp3) is 0.480. The quantitative estimate of drug-likeness (QED) is 0.516. The van der Waals surface area contributed by atoms with Crippen molar-refractivity contribution in [3.63, 3.8) is 0 Å². The van der Waals surface area contributed by atoms with Gasteiger partial charge in [0.1, 0.15) is 0 Å². The van der Waals surface area contributed by atoms with Gasteiger partial charge in [0.2, 0.25) is 11.9 Å². The number of amides is 1. The minimum atomic E-state index is -0.693. The number of rotatable bonds is 8. The molecular weight excluding hydrogens is 433 g/mol. The zero-order valence-electron chi connectivity index (χ0n) is 19.9. The van der Waals surface area contributed by atoms with Crippen LogP contribution in [0.15, 0.2) is 36.5 Å². The van der Waals surface area contributed by atoms with Crippen LogP contribution in [0.5, 0.6) is 0 Å². The molecule has 8 nitrogen and oxygen atoms in total. The molecule has 0 radical (unpaired) electrons. The summed E-state index contributed by atoms with van der Waals surface area (Å²) in [6, 6.07) is 6.22. The van der Waals surface area contributed by atoms with Gasteiger partial charge in [-0.3, -0.25) is 4.79 Å². The van der Waals surface area contributed by atoms with Crippen molar-refractivity contribution >= 4 is 29.0 Å². The minimum absolute atomic E-state index is 0.0724. The van der Waals surface area contributed by atoms with Gasteiger partial charge in [0.05, 0.1) is 17.7 Å². The van der Waals surface area contributed by atoms with E-state index in [2.05, 4.69) is 62.7 Å². The Morgan fingerprint density at radius 2 is 2.18 bits per heavy atom. The summed E-state index contributed by atoms with van der Waals surface area (Å²) in [6.45, 7) is 4.92. The van der Waals surface area contributed by atoms with Crippen LogP contribution in [0.4, 0.5) is 27.5 Å². The van der Waals surface area contributed by atoms with Crippen LogP contribution in [0.3, 0.4) is 0 Å². The van der Waals surface area contributed by atoms with Gasteiger partial charge in [-0.1, -0.05) is 12.2 Å². The molecule has 4 atom stereocenters. The molecule has 2 bridgehead atoms. The average molecular weight is 466 g/mol. The molecule has 1 amide bonds. The molecule has 0 unspecified atom stereocenters. The molecule has 0 saturated heterocycles. The normalized spacial score (nSPS) is 26.9. The van der Waals surface area contributed by atoms with Crippen molar-refractivity contribution in [3.05, 3.63) is 47.9 Å². The highest BCUT2D eigenvalue weighted by Crippen LogP contribution is 2.51. The van der Waals surface area contributed by atoms with Gasteiger partial charge in [0.25, 0.3) is 0 Å². The molecule has 2 heterocycles. The zero-order chi connectivity index (χ0) is 24.0. The van der Waals surface area contributed by atoms with Crippen LogP contribution < -0.4 is 21.3 Å². The molecule has 5 rings (SSSR count). The summed E-state index contributed by atoms with van der Waals surface area (Å²) in [5.41, 5.74) is 8.40. The number of nitrogens with one attached hydrogen (secondary N) is 2. The number of primary amides is 1. The first-order valence-electron chi connectivity index (χ1n) is 11.8. The predicted molar refractivity (Wildman–Crippen MR) is 132 cm³/mol. The lowest BCUT2D eigenvalue weighted by molar-refractivity contribution is -0.123. The summed E-state index contributed by atoms with van der Waals surface area (Å²) >= 11 is 0. The van der Waals surface area contributed by atoms with E-state index in [1.807, 2.05) is 19.1 Å². The molecule has 34 heavy (non-hydrogen) atoms. The van der Waals surface area contributed by atoms with Crippen molar-refractivity contribution < 1.29 is 9.18 Å². The standard InChI is InChI=1S/C25H32FN7O/c1-25(17-5-4-16(12-17)21(25)22(27)34)31-23-19(26)14-28-24(30-23)29-18-6-7-20-15(13-18)8-9-33(20)11-10-32(2)3/h4-7,13-14,16-17,21H,8-12H2,1-3H3,(H2,27,34)(H2,28,29,30,31)/t16-,17+,21-,25+/m0/s1. The molecule has 9 heteroatoms. The van der Waals surface area contributed by atoms with E-state index >= 15 is 0 Å². The fourth-order valence-corrected chi connectivity index (χ4v) is 5.77. The maximum atomic E-state index is 14.7. The van der Waals surface area contributed by atoms with Gasteiger partial charge in [-0.2, -0.15) is 4.98 Å². The van der Waals surface area contributed by atoms with Crippen LogP contribution in [-0.2, 0) is 11.2 Å². The fourth-order valence-electron chi connectivity index (χ4n) is 5.77. The maximum absolute atomic E-state index is 14.7. The largest absolute Gasteiger partial charge is 0.370 e. The third kappa shape index (κ3) is 3.98. The number of benzene rings is 1. The lowest BCUT2D eigenvalue weighted by atomic mass is 9.76. The lowest BCUT2D eigenvalue weighted by Gasteiger charge is -2.38. The monoisotopic (exact) mass is 465 g/mol. The topological polar surface area (TPSA) is 99.4 Å². The van der Waals surface area contributed by atoms with E-state index in [4.69, 9.17) is 5.73 Å². The zero-order valence-corrected chi connectivity index (χ0v) is 19.9. The number of hydrogen-bond donors (Lipinski definition) is 3. The summed E-state index contributed by atoms with van der Waals surface area (Å²) in [5, 5.41) is 6.43. The Kier molecular flexibility index (Phi) is 5.67. The molecule has 1 aliphatic heterocycles. The van der Waals surface area contributed by atoms with Gasteiger partial charge >= 0.3 is 0 Å². The molecule has 1 fully saturated rings. The van der Waals surface area contributed by atoms with Crippen LogP contribution in [0.1, 0.15) is 18.9 Å². The molecular formula is C25H32FN7O. The summed E-state index contributed by atoms with van der Waals surface area (Å²) < 4.78 is 14.7. The van der Waals surface area contributed by atoms with Crippen molar-refractivity contribution in [2.75, 3.05) is 49.3 Å². The first-order valence-corrected chi connectivity index (χ1v) is 11.8. The number of carbonyl (C=O) groups excluding carboxylic acids is 1. The van der Waals surface area contributed by atoms with E-state index in [0.29, 0.717) is 5.95 Å². The van der Waals surface area contributed by atoms with Gasteiger partial charge in [-0.05, 0) is 63.5 Å². The summed E-state index contributed by atoms with van der Waals surface area (Å²) in [5.74, 6) is -0.823. The summed E-state index contributed by atoms with van der Waals surface area (Å²) in [4.78, 5) is 25.3. The molecule has 1 saturated carbocycles. The number of nitrogens with two attached hydrogens (primary N) is 1. The van der Waals surface area contributed by atoms with Gasteiger partial charge in [0, 0.05) is 36.9 Å². The average Bonchev–Trinajstić information content (AvgIpc) is 3.48. The predicted octanol–water partition coefficient (Wildman–Crippen LogP) is 2.76. The number of likely N-dealkylation sites (N-methyl/N-ethyl adjacent to an activating group) is 1. The summed E-state index contributed by atoms with van der Waals surface area (Å²) in [6.07, 6.45) is 7.09. The van der Waals surface area contributed by atoms with Crippen LogP contribution >= 0.6 is 0 Å². The van der Waals surface area contributed by atoms with Gasteiger partial charge in [0.15, 0.2) is 11.6 Å². The Hall–Kier alpha value is -3.20. The van der Waals surface area contributed by atoms with E-state index < -0.39 is 17.3 Å².